The largest absolute Gasteiger partial charge is 0.481 e. The van der Waals surface area contributed by atoms with Gasteiger partial charge in [-0.2, -0.15) is 0 Å². The summed E-state index contributed by atoms with van der Waals surface area (Å²) in [5.74, 6) is -3.26. The highest BCUT2D eigenvalue weighted by Gasteiger charge is 2.24. The van der Waals surface area contributed by atoms with Crippen molar-refractivity contribution >= 4 is 17.8 Å². The monoisotopic (exact) mass is 256 g/mol. The zero-order valence-corrected chi connectivity index (χ0v) is 9.54. The van der Waals surface area contributed by atoms with Gasteiger partial charge in [-0.15, -0.1) is 0 Å². The van der Waals surface area contributed by atoms with Gasteiger partial charge in [0.1, 0.15) is 6.04 Å². The van der Waals surface area contributed by atoms with Gasteiger partial charge >= 0.3 is 11.9 Å². The Balaban J connectivity index is 2.67. The molecular weight excluding hydrogens is 244 g/mol. The van der Waals surface area contributed by atoms with Crippen LogP contribution in [0.2, 0.25) is 0 Å². The molecule has 18 heavy (non-hydrogen) atoms. The zero-order valence-electron chi connectivity index (χ0n) is 9.54. The Morgan fingerprint density at radius 1 is 1.44 bits per heavy atom. The first-order chi connectivity index (χ1) is 8.41. The molecule has 1 unspecified atom stereocenters. The molecule has 1 rings (SSSR count). The second kappa shape index (κ2) is 5.80. The van der Waals surface area contributed by atoms with Gasteiger partial charge < -0.3 is 19.9 Å². The zero-order chi connectivity index (χ0) is 13.7. The average Bonchev–Trinajstić information content (AvgIpc) is 2.69. The normalized spacial score (nSPS) is 11.8. The lowest BCUT2D eigenvalue weighted by molar-refractivity contribution is -0.140. The predicted molar refractivity (Wildman–Crippen MR) is 57.0 cm³/mol. The summed E-state index contributed by atoms with van der Waals surface area (Å²) in [6.07, 6.45) is 0.507. The van der Waals surface area contributed by atoms with E-state index in [4.69, 9.17) is 14.6 Å². The highest BCUT2D eigenvalue weighted by molar-refractivity contribution is 5.95. The SMILES string of the molecule is Cc1ncoc1C(=O)NC(CCC(=O)O)C(=O)O. The third-order valence-corrected chi connectivity index (χ3v) is 2.20. The molecule has 1 aromatic rings. The predicted octanol–water partition coefficient (Wildman–Crippen LogP) is 0.0308. The van der Waals surface area contributed by atoms with Crippen LogP contribution in [0, 0.1) is 6.92 Å². The van der Waals surface area contributed by atoms with E-state index in [1.165, 1.54) is 6.92 Å². The van der Waals surface area contributed by atoms with Crippen LogP contribution >= 0.6 is 0 Å². The van der Waals surface area contributed by atoms with E-state index in [1.807, 2.05) is 0 Å². The molecule has 0 aliphatic carbocycles. The second-order valence-corrected chi connectivity index (χ2v) is 3.56. The number of carbonyl (C=O) groups excluding carboxylic acids is 1. The van der Waals surface area contributed by atoms with Crippen molar-refractivity contribution in [2.75, 3.05) is 0 Å². The molecule has 0 fully saturated rings. The van der Waals surface area contributed by atoms with Gasteiger partial charge in [0.25, 0.3) is 5.91 Å². The number of carbonyl (C=O) groups is 3. The summed E-state index contributed by atoms with van der Waals surface area (Å²) in [7, 11) is 0. The maximum absolute atomic E-state index is 11.6. The maximum Gasteiger partial charge on any atom is 0.326 e. The average molecular weight is 256 g/mol. The lowest BCUT2D eigenvalue weighted by Crippen LogP contribution is -2.41. The lowest BCUT2D eigenvalue weighted by atomic mass is 10.1. The third-order valence-electron chi connectivity index (χ3n) is 2.20. The van der Waals surface area contributed by atoms with Crippen molar-refractivity contribution < 1.29 is 29.0 Å². The van der Waals surface area contributed by atoms with Crippen molar-refractivity contribution in [2.45, 2.75) is 25.8 Å². The van der Waals surface area contributed by atoms with Gasteiger partial charge in [0.05, 0.1) is 5.69 Å². The number of oxazole rings is 1. The first-order valence-corrected chi connectivity index (χ1v) is 5.07. The van der Waals surface area contributed by atoms with Crippen LogP contribution in [0.1, 0.15) is 29.1 Å². The van der Waals surface area contributed by atoms with E-state index >= 15 is 0 Å². The highest BCUT2D eigenvalue weighted by atomic mass is 16.4. The molecule has 0 aliphatic heterocycles. The van der Waals surface area contributed by atoms with Crippen LogP contribution in [0.4, 0.5) is 0 Å². The molecule has 0 aromatic carbocycles. The van der Waals surface area contributed by atoms with Crippen LogP contribution in [-0.4, -0.2) is 39.1 Å². The molecule has 8 heteroatoms. The molecule has 8 nitrogen and oxygen atoms in total. The van der Waals surface area contributed by atoms with Crippen LogP contribution in [0.25, 0.3) is 0 Å². The second-order valence-electron chi connectivity index (χ2n) is 3.56. The topological polar surface area (TPSA) is 130 Å². The molecule has 0 aliphatic rings. The van der Waals surface area contributed by atoms with Gasteiger partial charge in [-0.25, -0.2) is 9.78 Å². The molecule has 1 heterocycles. The Morgan fingerprint density at radius 2 is 2.11 bits per heavy atom. The van der Waals surface area contributed by atoms with Crippen LogP contribution in [0.5, 0.6) is 0 Å². The van der Waals surface area contributed by atoms with E-state index in [2.05, 4.69) is 10.3 Å². The first kappa shape index (κ1) is 13.7. The van der Waals surface area contributed by atoms with Crippen molar-refractivity contribution in [3.8, 4) is 0 Å². The fraction of sp³-hybridized carbons (Fsp3) is 0.400. The number of hydrogen-bond acceptors (Lipinski definition) is 5. The van der Waals surface area contributed by atoms with Crippen molar-refractivity contribution in [2.24, 2.45) is 0 Å². The minimum atomic E-state index is -1.30. The lowest BCUT2D eigenvalue weighted by Gasteiger charge is -2.12. The van der Waals surface area contributed by atoms with Crippen molar-refractivity contribution in [3.05, 3.63) is 17.8 Å². The number of aliphatic carboxylic acids is 2. The minimum Gasteiger partial charge on any atom is -0.481 e. The number of carboxylic acid groups (broad SMARTS) is 2. The van der Waals surface area contributed by atoms with E-state index in [-0.39, 0.29) is 18.6 Å². The van der Waals surface area contributed by atoms with Gasteiger partial charge in [-0.1, -0.05) is 0 Å². The van der Waals surface area contributed by atoms with Crippen LogP contribution in [0.15, 0.2) is 10.8 Å². The number of nitrogens with one attached hydrogen (secondary N) is 1. The van der Waals surface area contributed by atoms with E-state index in [0.717, 1.165) is 6.39 Å². The number of rotatable bonds is 6. The van der Waals surface area contributed by atoms with Crippen molar-refractivity contribution in [1.82, 2.24) is 10.3 Å². The number of aryl methyl sites for hydroxylation is 1. The fourth-order valence-corrected chi connectivity index (χ4v) is 1.27. The third kappa shape index (κ3) is 3.58. The Kier molecular flexibility index (Phi) is 4.41. The smallest absolute Gasteiger partial charge is 0.326 e. The summed E-state index contributed by atoms with van der Waals surface area (Å²) < 4.78 is 4.80. The van der Waals surface area contributed by atoms with Crippen LogP contribution in [-0.2, 0) is 9.59 Å². The molecule has 1 amide bonds. The molecule has 0 bridgehead atoms. The van der Waals surface area contributed by atoms with Crippen LogP contribution in [0.3, 0.4) is 0 Å². The molecule has 0 saturated heterocycles. The number of carboxylic acids is 2. The summed E-state index contributed by atoms with van der Waals surface area (Å²) in [5, 5.41) is 19.5. The maximum atomic E-state index is 11.6. The summed E-state index contributed by atoms with van der Waals surface area (Å²) in [6.45, 7) is 1.53. The molecule has 98 valence electrons. The summed E-state index contributed by atoms with van der Waals surface area (Å²) in [5.41, 5.74) is 0.329. The quantitative estimate of drug-likeness (QED) is 0.654. The highest BCUT2D eigenvalue weighted by Crippen LogP contribution is 2.06. The van der Waals surface area contributed by atoms with Gasteiger partial charge in [0, 0.05) is 6.42 Å². The van der Waals surface area contributed by atoms with Crippen LogP contribution < -0.4 is 5.32 Å². The van der Waals surface area contributed by atoms with Gasteiger partial charge in [0.2, 0.25) is 5.76 Å². The molecule has 1 atom stereocenters. The molecule has 0 saturated carbocycles. The summed E-state index contributed by atoms with van der Waals surface area (Å²) in [6, 6.07) is -1.28. The molecule has 0 spiro atoms. The van der Waals surface area contributed by atoms with E-state index in [1.54, 1.807) is 0 Å². The van der Waals surface area contributed by atoms with E-state index in [9.17, 15) is 14.4 Å². The standard InChI is InChI=1S/C10H12N2O6/c1-5-8(18-4-11-5)9(15)12-6(10(16)17)2-3-7(13)14/h4,6H,2-3H2,1H3,(H,12,15)(H,13,14)(H,16,17). The summed E-state index contributed by atoms with van der Waals surface area (Å²) >= 11 is 0. The summed E-state index contributed by atoms with van der Waals surface area (Å²) in [4.78, 5) is 36.5. The number of nitrogens with zero attached hydrogens (tertiary/aromatic N) is 1. The van der Waals surface area contributed by atoms with Crippen molar-refractivity contribution in [1.29, 1.82) is 0 Å². The Bertz CT molecular complexity index is 467. The Labute approximate surface area is 102 Å². The van der Waals surface area contributed by atoms with Gasteiger partial charge in [-0.3, -0.25) is 9.59 Å². The minimum absolute atomic E-state index is 0.0865. The molecular formula is C10H12N2O6. The Morgan fingerprint density at radius 3 is 2.56 bits per heavy atom. The molecule has 0 radical (unpaired) electrons. The Hall–Kier alpha value is -2.38. The number of hydrogen-bond donors (Lipinski definition) is 3. The number of amides is 1. The molecule has 1 aromatic heterocycles. The first-order valence-electron chi connectivity index (χ1n) is 5.07. The molecule has 3 N–H and O–H groups in total. The number of aromatic nitrogens is 1. The van der Waals surface area contributed by atoms with Gasteiger partial charge in [0.15, 0.2) is 6.39 Å². The van der Waals surface area contributed by atoms with Crippen molar-refractivity contribution in [3.63, 3.8) is 0 Å². The van der Waals surface area contributed by atoms with E-state index < -0.39 is 23.9 Å². The van der Waals surface area contributed by atoms with Gasteiger partial charge in [-0.05, 0) is 13.3 Å². The fourth-order valence-electron chi connectivity index (χ4n) is 1.27. The van der Waals surface area contributed by atoms with E-state index in [0.29, 0.717) is 5.69 Å².